The number of carboxylic acid groups (broad SMARTS) is 1. The van der Waals surface area contributed by atoms with Gasteiger partial charge in [0, 0.05) is 11.8 Å². The van der Waals surface area contributed by atoms with Crippen LogP contribution in [0, 0.1) is 5.82 Å². The van der Waals surface area contributed by atoms with Crippen LogP contribution in [0.4, 0.5) is 15.9 Å². The number of carbonyl (C=O) groups is 1. The average Bonchev–Trinajstić information content (AvgIpc) is 2.48. The van der Waals surface area contributed by atoms with Crippen LogP contribution in [0.25, 0.3) is 0 Å². The highest BCUT2D eigenvalue weighted by molar-refractivity contribution is 5.89. The highest BCUT2D eigenvalue weighted by atomic mass is 19.1. The number of methoxy groups -OCH3 is 1. The zero-order valence-corrected chi connectivity index (χ0v) is 11.7. The minimum Gasteiger partial charge on any atom is -0.494 e. The van der Waals surface area contributed by atoms with Crippen LogP contribution >= 0.6 is 0 Å². The number of aromatic carboxylic acids is 1. The fraction of sp³-hybridized carbons (Fsp3) is 0.200. The van der Waals surface area contributed by atoms with Crippen molar-refractivity contribution < 1.29 is 19.0 Å². The molecule has 0 fully saturated rings. The molecule has 0 amide bonds. The number of benzene rings is 1. The Morgan fingerprint density at radius 2 is 2.14 bits per heavy atom. The number of carboxylic acids is 1. The van der Waals surface area contributed by atoms with Crippen LogP contribution in [0.15, 0.2) is 30.3 Å². The van der Waals surface area contributed by atoms with Gasteiger partial charge in [-0.1, -0.05) is 6.92 Å². The number of nitrogens with one attached hydrogen (secondary N) is 1. The van der Waals surface area contributed by atoms with Crippen molar-refractivity contribution in [2.24, 2.45) is 0 Å². The van der Waals surface area contributed by atoms with Gasteiger partial charge in [0.15, 0.2) is 0 Å². The lowest BCUT2D eigenvalue weighted by Gasteiger charge is -2.12. The quantitative estimate of drug-likeness (QED) is 0.884. The van der Waals surface area contributed by atoms with E-state index in [4.69, 9.17) is 9.84 Å². The molecular weight excluding hydrogens is 275 g/mol. The molecule has 2 rings (SSSR count). The zero-order valence-electron chi connectivity index (χ0n) is 11.7. The maximum atomic E-state index is 13.2. The molecule has 110 valence electrons. The second-order valence-electron chi connectivity index (χ2n) is 4.36. The van der Waals surface area contributed by atoms with Gasteiger partial charge in [0.2, 0.25) is 0 Å². The molecule has 21 heavy (non-hydrogen) atoms. The van der Waals surface area contributed by atoms with E-state index in [1.807, 2.05) is 6.92 Å². The van der Waals surface area contributed by atoms with E-state index in [2.05, 4.69) is 10.3 Å². The van der Waals surface area contributed by atoms with Gasteiger partial charge in [-0.2, -0.15) is 0 Å². The van der Waals surface area contributed by atoms with E-state index in [1.165, 1.54) is 37.4 Å². The summed E-state index contributed by atoms with van der Waals surface area (Å²) in [7, 11) is 1.43. The van der Waals surface area contributed by atoms with Crippen molar-refractivity contribution in [1.29, 1.82) is 0 Å². The van der Waals surface area contributed by atoms with Gasteiger partial charge in [-0.05, 0) is 30.7 Å². The van der Waals surface area contributed by atoms with Gasteiger partial charge >= 0.3 is 5.97 Å². The van der Waals surface area contributed by atoms with Crippen LogP contribution in [-0.2, 0) is 6.42 Å². The third kappa shape index (κ3) is 3.47. The summed E-state index contributed by atoms with van der Waals surface area (Å²) >= 11 is 0. The Labute approximate surface area is 121 Å². The van der Waals surface area contributed by atoms with Gasteiger partial charge in [0.05, 0.1) is 18.4 Å². The number of aryl methyl sites for hydroxylation is 1. The number of pyridine rings is 1. The Bertz CT molecular complexity index is 674. The molecule has 2 aromatic rings. The zero-order chi connectivity index (χ0) is 15.4. The molecule has 1 aromatic carbocycles. The lowest BCUT2D eigenvalue weighted by Crippen LogP contribution is -2.04. The Hall–Kier alpha value is -2.63. The fourth-order valence-electron chi connectivity index (χ4n) is 1.86. The molecule has 0 aliphatic rings. The summed E-state index contributed by atoms with van der Waals surface area (Å²) in [5.74, 6) is -0.757. The molecular formula is C15H15FN2O3. The van der Waals surface area contributed by atoms with Crippen LogP contribution in [0.3, 0.4) is 0 Å². The van der Waals surface area contributed by atoms with Gasteiger partial charge in [0.1, 0.15) is 17.4 Å². The molecule has 0 spiro atoms. The van der Waals surface area contributed by atoms with Gasteiger partial charge in [0.25, 0.3) is 0 Å². The van der Waals surface area contributed by atoms with Crippen molar-refractivity contribution in [3.05, 3.63) is 47.4 Å². The predicted molar refractivity (Wildman–Crippen MR) is 76.8 cm³/mol. The Kier molecular flexibility index (Phi) is 4.37. The lowest BCUT2D eigenvalue weighted by atomic mass is 10.2. The van der Waals surface area contributed by atoms with Gasteiger partial charge in [-0.25, -0.2) is 14.2 Å². The Morgan fingerprint density at radius 3 is 2.76 bits per heavy atom. The van der Waals surface area contributed by atoms with Crippen molar-refractivity contribution in [1.82, 2.24) is 4.98 Å². The summed E-state index contributed by atoms with van der Waals surface area (Å²) < 4.78 is 18.2. The van der Waals surface area contributed by atoms with Gasteiger partial charge < -0.3 is 15.2 Å². The number of halogens is 1. The normalized spacial score (nSPS) is 10.2. The van der Waals surface area contributed by atoms with Crippen LogP contribution in [0.2, 0.25) is 0 Å². The second kappa shape index (κ2) is 6.21. The maximum Gasteiger partial charge on any atom is 0.335 e. The number of anilines is 2. The maximum absolute atomic E-state index is 13.2. The first kappa shape index (κ1) is 14.8. The van der Waals surface area contributed by atoms with E-state index in [-0.39, 0.29) is 5.56 Å². The van der Waals surface area contributed by atoms with Crippen molar-refractivity contribution in [3.63, 3.8) is 0 Å². The molecule has 0 aliphatic carbocycles. The van der Waals surface area contributed by atoms with E-state index in [0.717, 1.165) is 0 Å². The number of hydrogen-bond acceptors (Lipinski definition) is 4. The highest BCUT2D eigenvalue weighted by Gasteiger charge is 2.10. The van der Waals surface area contributed by atoms with Crippen LogP contribution in [0.1, 0.15) is 23.0 Å². The first-order valence-electron chi connectivity index (χ1n) is 6.38. The predicted octanol–water partition coefficient (Wildman–Crippen LogP) is 3.23. The molecule has 0 unspecified atom stereocenters. The van der Waals surface area contributed by atoms with E-state index < -0.39 is 11.8 Å². The van der Waals surface area contributed by atoms with E-state index in [0.29, 0.717) is 29.4 Å². The molecule has 0 saturated carbocycles. The molecule has 0 atom stereocenters. The summed E-state index contributed by atoms with van der Waals surface area (Å²) in [4.78, 5) is 15.4. The number of ether oxygens (including phenoxy) is 1. The highest BCUT2D eigenvalue weighted by Crippen LogP contribution is 2.28. The van der Waals surface area contributed by atoms with Crippen LogP contribution < -0.4 is 10.1 Å². The fourth-order valence-corrected chi connectivity index (χ4v) is 1.86. The minimum atomic E-state index is -1.03. The van der Waals surface area contributed by atoms with E-state index >= 15 is 0 Å². The second-order valence-corrected chi connectivity index (χ2v) is 4.36. The lowest BCUT2D eigenvalue weighted by molar-refractivity contribution is 0.0696. The summed E-state index contributed by atoms with van der Waals surface area (Å²) in [6, 6.07) is 6.98. The molecule has 5 nitrogen and oxygen atoms in total. The average molecular weight is 290 g/mol. The Morgan fingerprint density at radius 1 is 1.38 bits per heavy atom. The molecule has 2 N–H and O–H groups in total. The topological polar surface area (TPSA) is 71.5 Å². The molecule has 0 radical (unpaired) electrons. The van der Waals surface area contributed by atoms with Crippen molar-refractivity contribution in [3.8, 4) is 5.75 Å². The van der Waals surface area contributed by atoms with Gasteiger partial charge in [-0.3, -0.25) is 0 Å². The van der Waals surface area contributed by atoms with E-state index in [1.54, 1.807) is 0 Å². The SMILES string of the molecule is CCc1cc(C(=O)O)cc(Nc2ccc(F)cc2OC)n1. The smallest absolute Gasteiger partial charge is 0.335 e. The number of aromatic nitrogens is 1. The third-order valence-electron chi connectivity index (χ3n) is 2.91. The monoisotopic (exact) mass is 290 g/mol. The number of nitrogens with zero attached hydrogens (tertiary/aromatic N) is 1. The number of hydrogen-bond donors (Lipinski definition) is 2. The standard InChI is InChI=1S/C15H15FN2O3/c1-3-11-6-9(15(19)20)7-14(17-11)18-12-5-4-10(16)8-13(12)21-2/h4-8H,3H2,1-2H3,(H,17,18)(H,19,20). The summed E-state index contributed by atoms with van der Waals surface area (Å²) in [5.41, 5.74) is 1.31. The molecule has 0 bridgehead atoms. The first-order valence-corrected chi connectivity index (χ1v) is 6.38. The molecule has 0 saturated heterocycles. The molecule has 1 aromatic heterocycles. The molecule has 1 heterocycles. The third-order valence-corrected chi connectivity index (χ3v) is 2.91. The summed E-state index contributed by atoms with van der Waals surface area (Å²) in [5, 5.41) is 12.1. The molecule has 6 heteroatoms. The minimum absolute atomic E-state index is 0.144. The molecule has 0 aliphatic heterocycles. The summed E-state index contributed by atoms with van der Waals surface area (Å²) in [6.45, 7) is 1.89. The van der Waals surface area contributed by atoms with E-state index in [9.17, 15) is 9.18 Å². The summed E-state index contributed by atoms with van der Waals surface area (Å²) in [6.07, 6.45) is 0.607. The Balaban J connectivity index is 2.39. The van der Waals surface area contributed by atoms with Crippen LogP contribution in [-0.4, -0.2) is 23.2 Å². The van der Waals surface area contributed by atoms with Crippen molar-refractivity contribution >= 4 is 17.5 Å². The van der Waals surface area contributed by atoms with Crippen molar-refractivity contribution in [2.75, 3.05) is 12.4 Å². The van der Waals surface area contributed by atoms with Crippen molar-refractivity contribution in [2.45, 2.75) is 13.3 Å². The van der Waals surface area contributed by atoms with Gasteiger partial charge in [-0.15, -0.1) is 0 Å². The number of rotatable bonds is 5. The van der Waals surface area contributed by atoms with Crippen LogP contribution in [0.5, 0.6) is 5.75 Å². The first-order chi connectivity index (χ1) is 10.0. The largest absolute Gasteiger partial charge is 0.494 e.